The predicted octanol–water partition coefficient (Wildman–Crippen LogP) is 2.75. The fourth-order valence-corrected chi connectivity index (χ4v) is 2.30. The summed E-state index contributed by atoms with van der Waals surface area (Å²) in [6.45, 7) is 1.58. The largest absolute Gasteiger partial charge is 0.483 e. The molecule has 0 spiro atoms. The number of urea groups is 1. The molecular weight excluding hydrogens is 376 g/mol. The van der Waals surface area contributed by atoms with E-state index in [0.29, 0.717) is 16.5 Å². The van der Waals surface area contributed by atoms with Crippen LogP contribution in [0.1, 0.15) is 5.56 Å². The molecule has 4 N–H and O–H groups in total. The number of thiocarbonyl (C=S) groups is 1. The number of hydrogen-bond donors (Lipinski definition) is 4. The van der Waals surface area contributed by atoms with Crippen LogP contribution in [0.3, 0.4) is 0 Å². The quantitative estimate of drug-likeness (QED) is 0.474. The van der Waals surface area contributed by atoms with Crippen molar-refractivity contribution >= 4 is 46.6 Å². The Balaban J connectivity index is 1.70. The molecular formula is C17H17ClN4O3S. The van der Waals surface area contributed by atoms with Crippen LogP contribution in [-0.2, 0) is 4.79 Å². The summed E-state index contributed by atoms with van der Waals surface area (Å²) in [6, 6.07) is 13.4. The number of benzene rings is 2. The number of carbonyl (C=O) groups is 2. The molecule has 0 aliphatic rings. The number of hydrogen-bond acceptors (Lipinski definition) is 4. The normalized spacial score (nSPS) is 9.77. The Morgan fingerprint density at radius 3 is 2.54 bits per heavy atom. The number of para-hydroxylation sites is 1. The van der Waals surface area contributed by atoms with Gasteiger partial charge in [-0.05, 0) is 55.0 Å². The van der Waals surface area contributed by atoms with Crippen LogP contribution in [0.4, 0.5) is 10.5 Å². The highest BCUT2D eigenvalue weighted by molar-refractivity contribution is 7.80. The van der Waals surface area contributed by atoms with Gasteiger partial charge in [-0.2, -0.15) is 0 Å². The minimum absolute atomic E-state index is 0.0605. The van der Waals surface area contributed by atoms with Crippen LogP contribution in [0.25, 0.3) is 0 Å². The van der Waals surface area contributed by atoms with Gasteiger partial charge in [-0.25, -0.2) is 10.2 Å². The van der Waals surface area contributed by atoms with Crippen molar-refractivity contribution in [3.63, 3.8) is 0 Å². The Labute approximate surface area is 161 Å². The molecule has 3 amide bonds. The summed E-state index contributed by atoms with van der Waals surface area (Å²) in [5.74, 6) is 0.0749. The molecule has 7 nitrogen and oxygen atoms in total. The zero-order chi connectivity index (χ0) is 18.9. The summed E-state index contributed by atoms with van der Waals surface area (Å²) in [4.78, 5) is 23.5. The van der Waals surface area contributed by atoms with Crippen molar-refractivity contribution < 1.29 is 14.3 Å². The number of carbonyl (C=O) groups excluding carboxylic acids is 2. The van der Waals surface area contributed by atoms with E-state index in [1.54, 1.807) is 42.5 Å². The van der Waals surface area contributed by atoms with Gasteiger partial charge in [0, 0.05) is 10.7 Å². The van der Waals surface area contributed by atoms with Gasteiger partial charge < -0.3 is 10.1 Å². The molecule has 0 saturated carbocycles. The summed E-state index contributed by atoms with van der Waals surface area (Å²) in [7, 11) is 0. The molecule has 0 aromatic heterocycles. The van der Waals surface area contributed by atoms with Crippen molar-refractivity contribution in [3.8, 4) is 5.75 Å². The predicted molar refractivity (Wildman–Crippen MR) is 104 cm³/mol. The molecule has 26 heavy (non-hydrogen) atoms. The zero-order valence-corrected chi connectivity index (χ0v) is 15.4. The van der Waals surface area contributed by atoms with E-state index in [-0.39, 0.29) is 11.7 Å². The number of rotatable bonds is 4. The first-order chi connectivity index (χ1) is 12.4. The summed E-state index contributed by atoms with van der Waals surface area (Å²) in [5, 5.41) is 5.50. The number of nitrogens with one attached hydrogen (secondary N) is 4. The summed E-state index contributed by atoms with van der Waals surface area (Å²) >= 11 is 10.8. The number of aryl methyl sites for hydroxylation is 1. The SMILES string of the molecule is Cc1cc(Cl)ccc1OCC(=O)NC(=S)NNC(=O)Nc1ccccc1. The molecule has 136 valence electrons. The molecule has 0 radical (unpaired) electrons. The summed E-state index contributed by atoms with van der Waals surface area (Å²) in [5.41, 5.74) is 6.16. The molecule has 0 saturated heterocycles. The van der Waals surface area contributed by atoms with E-state index >= 15 is 0 Å². The summed E-state index contributed by atoms with van der Waals surface area (Å²) < 4.78 is 5.40. The Hall–Kier alpha value is -2.84. The lowest BCUT2D eigenvalue weighted by atomic mass is 10.2. The first-order valence-corrected chi connectivity index (χ1v) is 8.33. The van der Waals surface area contributed by atoms with E-state index in [1.165, 1.54) is 0 Å². The van der Waals surface area contributed by atoms with E-state index in [4.69, 9.17) is 28.6 Å². The van der Waals surface area contributed by atoms with Gasteiger partial charge in [0.1, 0.15) is 5.75 Å². The van der Waals surface area contributed by atoms with Crippen molar-refractivity contribution in [1.82, 2.24) is 16.2 Å². The Morgan fingerprint density at radius 2 is 1.85 bits per heavy atom. The van der Waals surface area contributed by atoms with E-state index in [1.807, 2.05) is 13.0 Å². The molecule has 0 fully saturated rings. The van der Waals surface area contributed by atoms with Gasteiger partial charge in [0.15, 0.2) is 11.7 Å². The number of hydrazine groups is 1. The minimum Gasteiger partial charge on any atom is -0.483 e. The second kappa shape index (κ2) is 9.59. The van der Waals surface area contributed by atoms with Gasteiger partial charge in [-0.1, -0.05) is 29.8 Å². The summed E-state index contributed by atoms with van der Waals surface area (Å²) in [6.07, 6.45) is 0. The highest BCUT2D eigenvalue weighted by atomic mass is 35.5. The van der Waals surface area contributed by atoms with Gasteiger partial charge in [-0.15, -0.1) is 0 Å². The topological polar surface area (TPSA) is 91.5 Å². The van der Waals surface area contributed by atoms with E-state index in [9.17, 15) is 9.59 Å². The van der Waals surface area contributed by atoms with Gasteiger partial charge in [-0.3, -0.25) is 15.5 Å². The molecule has 9 heteroatoms. The van der Waals surface area contributed by atoms with Crippen LogP contribution in [-0.4, -0.2) is 23.7 Å². The van der Waals surface area contributed by atoms with Gasteiger partial charge in [0.25, 0.3) is 5.91 Å². The van der Waals surface area contributed by atoms with Gasteiger partial charge in [0.05, 0.1) is 0 Å². The third-order valence-electron chi connectivity index (χ3n) is 3.07. The number of anilines is 1. The molecule has 2 aromatic rings. The number of amides is 3. The van der Waals surface area contributed by atoms with E-state index in [2.05, 4.69) is 21.5 Å². The maximum Gasteiger partial charge on any atom is 0.337 e. The monoisotopic (exact) mass is 392 g/mol. The third kappa shape index (κ3) is 6.58. The molecule has 0 bridgehead atoms. The second-order valence-corrected chi connectivity index (χ2v) is 5.99. The Morgan fingerprint density at radius 1 is 1.12 bits per heavy atom. The molecule has 2 rings (SSSR count). The highest BCUT2D eigenvalue weighted by Crippen LogP contribution is 2.21. The molecule has 0 aliphatic heterocycles. The smallest absolute Gasteiger partial charge is 0.337 e. The first-order valence-electron chi connectivity index (χ1n) is 7.55. The molecule has 0 aliphatic carbocycles. The van der Waals surface area contributed by atoms with Crippen LogP contribution >= 0.6 is 23.8 Å². The van der Waals surface area contributed by atoms with Crippen LogP contribution < -0.4 is 26.2 Å². The standard InChI is InChI=1S/C17H17ClN4O3S/c1-11-9-12(18)7-8-14(11)25-10-15(23)20-17(26)22-21-16(24)19-13-5-3-2-4-6-13/h2-9H,10H2,1H3,(H2,19,21,24)(H2,20,22,23,26). The Bertz CT molecular complexity index is 802. The molecule has 0 atom stereocenters. The van der Waals surface area contributed by atoms with Crippen molar-refractivity contribution in [2.24, 2.45) is 0 Å². The van der Waals surface area contributed by atoms with E-state index in [0.717, 1.165) is 5.56 Å². The van der Waals surface area contributed by atoms with Crippen LogP contribution in [0.2, 0.25) is 5.02 Å². The number of ether oxygens (including phenoxy) is 1. The lowest BCUT2D eigenvalue weighted by molar-refractivity contribution is -0.121. The lowest BCUT2D eigenvalue weighted by Crippen LogP contribution is -2.50. The van der Waals surface area contributed by atoms with Crippen LogP contribution in [0, 0.1) is 6.92 Å². The van der Waals surface area contributed by atoms with Crippen molar-refractivity contribution in [3.05, 3.63) is 59.1 Å². The molecule has 0 unspecified atom stereocenters. The van der Waals surface area contributed by atoms with Crippen molar-refractivity contribution in [2.45, 2.75) is 6.92 Å². The zero-order valence-electron chi connectivity index (χ0n) is 13.8. The Kier molecular flexibility index (Phi) is 7.19. The highest BCUT2D eigenvalue weighted by Gasteiger charge is 2.08. The second-order valence-electron chi connectivity index (χ2n) is 5.15. The van der Waals surface area contributed by atoms with Gasteiger partial charge >= 0.3 is 6.03 Å². The third-order valence-corrected chi connectivity index (χ3v) is 3.51. The van der Waals surface area contributed by atoms with Gasteiger partial charge in [0.2, 0.25) is 0 Å². The average molecular weight is 393 g/mol. The van der Waals surface area contributed by atoms with Crippen LogP contribution in [0.15, 0.2) is 48.5 Å². The van der Waals surface area contributed by atoms with Crippen LogP contribution in [0.5, 0.6) is 5.75 Å². The average Bonchev–Trinajstić information content (AvgIpc) is 2.60. The fraction of sp³-hybridized carbons (Fsp3) is 0.118. The first kappa shape index (κ1) is 19.5. The molecule has 2 aromatic carbocycles. The maximum absolute atomic E-state index is 11.8. The van der Waals surface area contributed by atoms with Crippen molar-refractivity contribution in [1.29, 1.82) is 0 Å². The van der Waals surface area contributed by atoms with Crippen molar-refractivity contribution in [2.75, 3.05) is 11.9 Å². The fourth-order valence-electron chi connectivity index (χ4n) is 1.91. The lowest BCUT2D eigenvalue weighted by Gasteiger charge is -2.12. The van der Waals surface area contributed by atoms with E-state index < -0.39 is 11.9 Å². The molecule has 0 heterocycles. The minimum atomic E-state index is -0.527. The maximum atomic E-state index is 11.8. The number of halogens is 1.